The van der Waals surface area contributed by atoms with Gasteiger partial charge in [-0.2, -0.15) is 0 Å². The number of hydrogen-bond acceptors (Lipinski definition) is 3. The molecule has 1 atom stereocenters. The number of hydrogen-bond donors (Lipinski definition) is 0. The fourth-order valence-electron chi connectivity index (χ4n) is 1.03. The van der Waals surface area contributed by atoms with Crippen LogP contribution in [0.4, 0.5) is 0 Å². The van der Waals surface area contributed by atoms with E-state index in [-0.39, 0.29) is 5.38 Å². The molecule has 0 aliphatic rings. The van der Waals surface area contributed by atoms with Gasteiger partial charge in [0.15, 0.2) is 0 Å². The molecule has 0 bridgehead atoms. The molecule has 2 nitrogen and oxygen atoms in total. The summed E-state index contributed by atoms with van der Waals surface area (Å²) in [7, 11) is 1.66. The third-order valence-corrected chi connectivity index (χ3v) is 2.91. The highest BCUT2D eigenvalue weighted by molar-refractivity contribution is 7.09. The first-order valence-corrected chi connectivity index (χ1v) is 5.64. The van der Waals surface area contributed by atoms with Gasteiger partial charge in [0.2, 0.25) is 0 Å². The summed E-state index contributed by atoms with van der Waals surface area (Å²) in [6.45, 7) is 2.69. The van der Waals surface area contributed by atoms with Gasteiger partial charge in [0, 0.05) is 18.9 Å². The summed E-state index contributed by atoms with van der Waals surface area (Å²) >= 11 is 7.69. The molecule has 0 saturated heterocycles. The molecule has 1 aromatic heterocycles. The Morgan fingerprint density at radius 1 is 1.69 bits per heavy atom. The zero-order valence-corrected chi connectivity index (χ0v) is 9.49. The predicted octanol–water partition coefficient (Wildman–Crippen LogP) is 2.50. The molecule has 0 aliphatic heterocycles. The number of aromatic nitrogens is 1. The maximum absolute atomic E-state index is 6.01. The molecular formula is C9H14ClNOS. The first-order chi connectivity index (χ1) is 6.26. The van der Waals surface area contributed by atoms with Crippen molar-refractivity contribution >= 4 is 22.9 Å². The highest BCUT2D eigenvalue weighted by atomic mass is 35.5. The van der Waals surface area contributed by atoms with Gasteiger partial charge in [-0.15, -0.1) is 22.9 Å². The third kappa shape index (κ3) is 3.63. The number of halogens is 1. The first-order valence-electron chi connectivity index (χ1n) is 4.32. The van der Waals surface area contributed by atoms with Gasteiger partial charge in [0.25, 0.3) is 0 Å². The summed E-state index contributed by atoms with van der Waals surface area (Å²) in [6, 6.07) is 0. The van der Waals surface area contributed by atoms with E-state index >= 15 is 0 Å². The molecule has 0 fully saturated rings. The minimum Gasteiger partial charge on any atom is -0.383 e. The molecular weight excluding hydrogens is 206 g/mol. The third-order valence-electron chi connectivity index (χ3n) is 1.71. The number of thiazole rings is 1. The van der Waals surface area contributed by atoms with Crippen molar-refractivity contribution in [3.05, 3.63) is 16.1 Å². The maximum atomic E-state index is 6.01. The highest BCUT2D eigenvalue weighted by Crippen LogP contribution is 2.14. The Labute approximate surface area is 87.9 Å². The Bertz CT molecular complexity index is 252. The van der Waals surface area contributed by atoms with Crippen LogP contribution < -0.4 is 0 Å². The minimum absolute atomic E-state index is 0.0425. The van der Waals surface area contributed by atoms with Crippen LogP contribution in [0.1, 0.15) is 17.6 Å². The van der Waals surface area contributed by atoms with Gasteiger partial charge in [0.05, 0.1) is 22.7 Å². The smallest absolute Gasteiger partial charge is 0.0943 e. The highest BCUT2D eigenvalue weighted by Gasteiger charge is 2.08. The van der Waals surface area contributed by atoms with Crippen molar-refractivity contribution in [1.82, 2.24) is 4.98 Å². The van der Waals surface area contributed by atoms with E-state index in [1.807, 2.05) is 0 Å². The number of ether oxygens (including phenoxy) is 1. The second-order valence-corrected chi connectivity index (χ2v) is 4.40. The van der Waals surface area contributed by atoms with Crippen LogP contribution in [-0.4, -0.2) is 24.1 Å². The molecule has 0 saturated carbocycles. The SMILES string of the molecule is CCc1csc(CC(Cl)COC)n1. The number of nitrogens with zero attached hydrogens (tertiary/aromatic N) is 1. The molecule has 1 rings (SSSR count). The number of rotatable bonds is 5. The molecule has 74 valence electrons. The largest absolute Gasteiger partial charge is 0.383 e. The summed E-state index contributed by atoms with van der Waals surface area (Å²) in [5, 5.41) is 3.24. The normalized spacial score (nSPS) is 13.2. The van der Waals surface area contributed by atoms with Gasteiger partial charge in [-0.05, 0) is 6.42 Å². The van der Waals surface area contributed by atoms with Crippen LogP contribution >= 0.6 is 22.9 Å². The zero-order chi connectivity index (χ0) is 9.68. The molecule has 4 heteroatoms. The van der Waals surface area contributed by atoms with Gasteiger partial charge < -0.3 is 4.74 Å². The molecule has 0 amide bonds. The lowest BCUT2D eigenvalue weighted by molar-refractivity contribution is 0.197. The lowest BCUT2D eigenvalue weighted by atomic mass is 10.3. The molecule has 0 spiro atoms. The van der Waals surface area contributed by atoms with Crippen molar-refractivity contribution in [3.8, 4) is 0 Å². The van der Waals surface area contributed by atoms with E-state index in [0.29, 0.717) is 6.61 Å². The Morgan fingerprint density at radius 3 is 3.00 bits per heavy atom. The van der Waals surface area contributed by atoms with E-state index in [1.54, 1.807) is 18.4 Å². The lowest BCUT2D eigenvalue weighted by Gasteiger charge is -2.04. The molecule has 0 aromatic carbocycles. The molecule has 0 N–H and O–H groups in total. The summed E-state index contributed by atoms with van der Waals surface area (Å²) in [5.74, 6) is 0. The quantitative estimate of drug-likeness (QED) is 0.710. The Kier molecular flexibility index (Phi) is 4.70. The molecule has 1 unspecified atom stereocenters. The van der Waals surface area contributed by atoms with Crippen LogP contribution in [0.5, 0.6) is 0 Å². The number of alkyl halides is 1. The van der Waals surface area contributed by atoms with Crippen molar-refractivity contribution in [2.45, 2.75) is 25.1 Å². The predicted molar refractivity (Wildman–Crippen MR) is 56.7 cm³/mol. The Hall–Kier alpha value is -0.120. The van der Waals surface area contributed by atoms with Crippen molar-refractivity contribution in [2.24, 2.45) is 0 Å². The van der Waals surface area contributed by atoms with Gasteiger partial charge in [-0.1, -0.05) is 6.92 Å². The Morgan fingerprint density at radius 2 is 2.46 bits per heavy atom. The average Bonchev–Trinajstić information content (AvgIpc) is 2.52. The number of methoxy groups -OCH3 is 1. The van der Waals surface area contributed by atoms with E-state index in [9.17, 15) is 0 Å². The standard InChI is InChI=1S/C9H14ClNOS/c1-3-8-6-13-9(11-8)4-7(10)5-12-2/h6-7H,3-5H2,1-2H3. The van der Waals surface area contributed by atoms with Crippen LogP contribution in [0.3, 0.4) is 0 Å². The Balaban J connectivity index is 2.44. The summed E-state index contributed by atoms with van der Waals surface area (Å²) in [6.07, 6.45) is 1.80. The lowest BCUT2D eigenvalue weighted by Crippen LogP contribution is -2.10. The van der Waals surface area contributed by atoms with Crippen molar-refractivity contribution in [2.75, 3.05) is 13.7 Å². The first kappa shape index (κ1) is 11.0. The van der Waals surface area contributed by atoms with Crippen molar-refractivity contribution in [3.63, 3.8) is 0 Å². The maximum Gasteiger partial charge on any atom is 0.0943 e. The second-order valence-electron chi connectivity index (χ2n) is 2.84. The van der Waals surface area contributed by atoms with E-state index < -0.39 is 0 Å². The van der Waals surface area contributed by atoms with Gasteiger partial charge >= 0.3 is 0 Å². The van der Waals surface area contributed by atoms with Crippen LogP contribution in [0.15, 0.2) is 5.38 Å². The van der Waals surface area contributed by atoms with Crippen LogP contribution in [0, 0.1) is 0 Å². The minimum atomic E-state index is 0.0425. The van der Waals surface area contributed by atoms with Gasteiger partial charge in [-0.3, -0.25) is 0 Å². The molecule has 1 aromatic rings. The fourth-order valence-corrected chi connectivity index (χ4v) is 2.36. The summed E-state index contributed by atoms with van der Waals surface area (Å²) < 4.78 is 4.95. The van der Waals surface area contributed by atoms with E-state index in [0.717, 1.165) is 23.5 Å². The molecule has 0 aliphatic carbocycles. The second kappa shape index (κ2) is 5.58. The van der Waals surface area contributed by atoms with Gasteiger partial charge in [0.1, 0.15) is 0 Å². The summed E-state index contributed by atoms with van der Waals surface area (Å²) in [5.41, 5.74) is 1.15. The van der Waals surface area contributed by atoms with E-state index in [1.165, 1.54) is 0 Å². The zero-order valence-electron chi connectivity index (χ0n) is 7.92. The van der Waals surface area contributed by atoms with Gasteiger partial charge in [-0.25, -0.2) is 4.98 Å². The molecule has 0 radical (unpaired) electrons. The van der Waals surface area contributed by atoms with Crippen molar-refractivity contribution < 1.29 is 4.74 Å². The van der Waals surface area contributed by atoms with Crippen LogP contribution in [0.2, 0.25) is 0 Å². The van der Waals surface area contributed by atoms with Crippen molar-refractivity contribution in [1.29, 1.82) is 0 Å². The number of aryl methyl sites for hydroxylation is 1. The topological polar surface area (TPSA) is 22.1 Å². The van der Waals surface area contributed by atoms with Crippen LogP contribution in [-0.2, 0) is 17.6 Å². The molecule has 1 heterocycles. The fraction of sp³-hybridized carbons (Fsp3) is 0.667. The van der Waals surface area contributed by atoms with E-state index in [4.69, 9.17) is 16.3 Å². The summed E-state index contributed by atoms with van der Waals surface area (Å²) in [4.78, 5) is 4.43. The van der Waals surface area contributed by atoms with Crippen LogP contribution in [0.25, 0.3) is 0 Å². The molecule has 13 heavy (non-hydrogen) atoms. The van der Waals surface area contributed by atoms with E-state index in [2.05, 4.69) is 17.3 Å². The average molecular weight is 220 g/mol. The monoisotopic (exact) mass is 219 g/mol.